The molecule has 5 heteroatoms. The fraction of sp³-hybridized carbons (Fsp3) is 0.529. The highest BCUT2D eigenvalue weighted by atomic mass is 32.1. The highest BCUT2D eigenvalue weighted by molar-refractivity contribution is 7.80. The number of nitrogens with one attached hydrogen (secondary N) is 2. The van der Waals surface area contributed by atoms with Gasteiger partial charge in [-0.3, -0.25) is 5.43 Å². The van der Waals surface area contributed by atoms with Crippen LogP contribution in [0.3, 0.4) is 0 Å². The lowest BCUT2D eigenvalue weighted by atomic mass is 10.1. The van der Waals surface area contributed by atoms with Crippen molar-refractivity contribution in [2.24, 2.45) is 5.10 Å². The third kappa shape index (κ3) is 4.98. The molecule has 4 nitrogen and oxygen atoms in total. The minimum Gasteiger partial charge on any atom is -0.372 e. The lowest BCUT2D eigenvalue weighted by Crippen LogP contribution is -2.32. The van der Waals surface area contributed by atoms with Crippen LogP contribution in [-0.2, 0) is 0 Å². The number of thiocarbonyl (C=S) groups is 1. The molecule has 1 fully saturated rings. The molecular formula is C17H26N4S. The van der Waals surface area contributed by atoms with Crippen LogP contribution in [0, 0.1) is 0 Å². The molecule has 0 unspecified atom stereocenters. The van der Waals surface area contributed by atoms with Crippen LogP contribution in [0.4, 0.5) is 5.69 Å². The van der Waals surface area contributed by atoms with Gasteiger partial charge in [-0.05, 0) is 56.6 Å². The van der Waals surface area contributed by atoms with Crippen molar-refractivity contribution in [1.29, 1.82) is 0 Å². The molecule has 1 aromatic rings. The summed E-state index contributed by atoms with van der Waals surface area (Å²) in [6.07, 6.45) is 5.32. The van der Waals surface area contributed by atoms with Crippen molar-refractivity contribution >= 4 is 28.7 Å². The molecule has 2 N–H and O–H groups in total. The van der Waals surface area contributed by atoms with Crippen LogP contribution in [-0.4, -0.2) is 30.5 Å². The fourth-order valence-electron chi connectivity index (χ4n) is 2.64. The van der Waals surface area contributed by atoms with Crippen LogP contribution in [0.2, 0.25) is 0 Å². The molecule has 120 valence electrons. The fourth-order valence-corrected chi connectivity index (χ4v) is 2.83. The number of benzene rings is 1. The lowest BCUT2D eigenvalue weighted by Gasteiger charge is -2.22. The van der Waals surface area contributed by atoms with Crippen molar-refractivity contribution in [3.63, 3.8) is 0 Å². The van der Waals surface area contributed by atoms with E-state index in [4.69, 9.17) is 12.2 Å². The molecule has 0 bridgehead atoms. The molecule has 0 atom stereocenters. The first-order valence-electron chi connectivity index (χ1n) is 8.14. The molecule has 22 heavy (non-hydrogen) atoms. The number of anilines is 1. The van der Waals surface area contributed by atoms with Gasteiger partial charge in [-0.1, -0.05) is 25.0 Å². The number of hydrogen-bond acceptors (Lipinski definition) is 3. The SMILES string of the molecule is CCNC(=S)N/N=C(\C)c1ccc(N2CCCCCC2)cc1. The monoisotopic (exact) mass is 318 g/mol. The van der Waals surface area contributed by atoms with Crippen molar-refractivity contribution in [1.82, 2.24) is 10.7 Å². The van der Waals surface area contributed by atoms with E-state index in [0.29, 0.717) is 5.11 Å². The molecule has 0 radical (unpaired) electrons. The first kappa shape index (κ1) is 16.7. The van der Waals surface area contributed by atoms with Gasteiger partial charge in [0.05, 0.1) is 5.71 Å². The predicted octanol–water partition coefficient (Wildman–Crippen LogP) is 3.28. The van der Waals surface area contributed by atoms with Gasteiger partial charge >= 0.3 is 0 Å². The van der Waals surface area contributed by atoms with Gasteiger partial charge in [0.15, 0.2) is 5.11 Å². The summed E-state index contributed by atoms with van der Waals surface area (Å²) in [6, 6.07) is 8.67. The molecule has 1 aliphatic heterocycles. The molecule has 1 saturated heterocycles. The van der Waals surface area contributed by atoms with Crippen molar-refractivity contribution in [2.45, 2.75) is 39.5 Å². The Labute approximate surface area is 139 Å². The van der Waals surface area contributed by atoms with E-state index in [9.17, 15) is 0 Å². The summed E-state index contributed by atoms with van der Waals surface area (Å²) in [5, 5.41) is 7.89. The van der Waals surface area contributed by atoms with Crippen LogP contribution in [0.1, 0.15) is 45.1 Å². The first-order valence-corrected chi connectivity index (χ1v) is 8.55. The van der Waals surface area contributed by atoms with E-state index in [2.05, 4.69) is 45.0 Å². The smallest absolute Gasteiger partial charge is 0.186 e. The van der Waals surface area contributed by atoms with E-state index >= 15 is 0 Å². The van der Waals surface area contributed by atoms with Crippen LogP contribution in [0.15, 0.2) is 29.4 Å². The minimum absolute atomic E-state index is 0.558. The average Bonchev–Trinajstić information content (AvgIpc) is 2.82. The van der Waals surface area contributed by atoms with E-state index in [-0.39, 0.29) is 0 Å². The zero-order chi connectivity index (χ0) is 15.8. The Morgan fingerprint density at radius 1 is 1.14 bits per heavy atom. The van der Waals surface area contributed by atoms with Crippen molar-refractivity contribution in [3.8, 4) is 0 Å². The Kier molecular flexibility index (Phi) is 6.65. The maximum Gasteiger partial charge on any atom is 0.186 e. The molecule has 0 amide bonds. The van der Waals surface area contributed by atoms with Crippen LogP contribution in [0.5, 0.6) is 0 Å². The summed E-state index contributed by atoms with van der Waals surface area (Å²) < 4.78 is 0. The van der Waals surface area contributed by atoms with Gasteiger partial charge < -0.3 is 10.2 Å². The van der Waals surface area contributed by atoms with E-state index < -0.39 is 0 Å². The molecule has 0 aliphatic carbocycles. The first-order chi connectivity index (χ1) is 10.7. The second kappa shape index (κ2) is 8.73. The van der Waals surface area contributed by atoms with E-state index in [1.165, 1.54) is 44.5 Å². The summed E-state index contributed by atoms with van der Waals surface area (Å²) in [6.45, 7) is 7.13. The number of hydrogen-bond donors (Lipinski definition) is 2. The molecule has 0 aromatic heterocycles. The van der Waals surface area contributed by atoms with Crippen LogP contribution < -0.4 is 15.6 Å². The molecule has 1 aromatic carbocycles. The van der Waals surface area contributed by atoms with E-state index in [0.717, 1.165) is 17.8 Å². The maximum absolute atomic E-state index is 5.10. The van der Waals surface area contributed by atoms with Gasteiger partial charge in [0.1, 0.15) is 0 Å². The normalized spacial score (nSPS) is 16.1. The largest absolute Gasteiger partial charge is 0.372 e. The number of rotatable bonds is 4. The van der Waals surface area contributed by atoms with Gasteiger partial charge in [0.2, 0.25) is 0 Å². The Morgan fingerprint density at radius 3 is 2.36 bits per heavy atom. The summed E-state index contributed by atoms with van der Waals surface area (Å²) in [5.41, 5.74) is 6.23. The topological polar surface area (TPSA) is 39.7 Å². The molecule has 1 aliphatic rings. The second-order valence-corrected chi connectivity index (χ2v) is 6.02. The number of hydrazone groups is 1. The third-order valence-corrected chi connectivity index (χ3v) is 4.15. The summed E-state index contributed by atoms with van der Waals surface area (Å²) in [4.78, 5) is 2.49. The van der Waals surface area contributed by atoms with Crippen molar-refractivity contribution in [2.75, 3.05) is 24.5 Å². The third-order valence-electron chi connectivity index (χ3n) is 3.92. The zero-order valence-corrected chi connectivity index (χ0v) is 14.4. The zero-order valence-electron chi connectivity index (χ0n) is 13.6. The summed E-state index contributed by atoms with van der Waals surface area (Å²) in [5.74, 6) is 0. The lowest BCUT2D eigenvalue weighted by molar-refractivity contribution is 0.726. The van der Waals surface area contributed by atoms with Gasteiger partial charge in [0.25, 0.3) is 0 Å². The van der Waals surface area contributed by atoms with Gasteiger partial charge in [-0.15, -0.1) is 0 Å². The molecule has 1 heterocycles. The Bertz CT molecular complexity index is 502. The Hall–Kier alpha value is -1.62. The molecule has 0 saturated carbocycles. The molecule has 2 rings (SSSR count). The van der Waals surface area contributed by atoms with Gasteiger partial charge in [0, 0.05) is 25.3 Å². The quantitative estimate of drug-likeness (QED) is 0.508. The Morgan fingerprint density at radius 2 is 1.77 bits per heavy atom. The van der Waals surface area contributed by atoms with Crippen molar-refractivity contribution < 1.29 is 0 Å². The molecular weight excluding hydrogens is 292 g/mol. The standard InChI is InChI=1S/C17H26N4S/c1-3-18-17(22)20-19-14(2)15-8-10-16(11-9-15)21-12-6-4-5-7-13-21/h8-11H,3-7,12-13H2,1-2H3,(H2,18,20,22)/b19-14+. The highest BCUT2D eigenvalue weighted by Gasteiger charge is 2.09. The van der Waals surface area contributed by atoms with E-state index in [1.807, 2.05) is 13.8 Å². The number of nitrogens with zero attached hydrogens (tertiary/aromatic N) is 2. The van der Waals surface area contributed by atoms with Gasteiger partial charge in [-0.2, -0.15) is 5.10 Å². The van der Waals surface area contributed by atoms with Crippen LogP contribution in [0.25, 0.3) is 0 Å². The Balaban J connectivity index is 1.98. The molecule has 0 spiro atoms. The van der Waals surface area contributed by atoms with Crippen LogP contribution >= 0.6 is 12.2 Å². The second-order valence-electron chi connectivity index (χ2n) is 5.62. The maximum atomic E-state index is 5.10. The van der Waals surface area contributed by atoms with Crippen molar-refractivity contribution in [3.05, 3.63) is 29.8 Å². The van der Waals surface area contributed by atoms with Gasteiger partial charge in [-0.25, -0.2) is 0 Å². The summed E-state index contributed by atoms with van der Waals surface area (Å²) >= 11 is 5.10. The highest BCUT2D eigenvalue weighted by Crippen LogP contribution is 2.20. The van der Waals surface area contributed by atoms with E-state index in [1.54, 1.807) is 0 Å². The predicted molar refractivity (Wildman–Crippen MR) is 98.7 cm³/mol. The average molecular weight is 318 g/mol. The minimum atomic E-state index is 0.558. The summed E-state index contributed by atoms with van der Waals surface area (Å²) in [7, 11) is 0.